The van der Waals surface area contributed by atoms with Gasteiger partial charge >= 0.3 is 36.0 Å². The van der Waals surface area contributed by atoms with Gasteiger partial charge in [0.15, 0.2) is 107 Å². The number of hydrogen-bond donors (Lipinski definition) is 9. The van der Waals surface area contributed by atoms with E-state index in [0.717, 1.165) is 68.8 Å². The number of carboxylic acid groups (broad SMARTS) is 3. The number of carboxylic acids is 3. The topological polar surface area (TPSA) is 510 Å². The molecule has 18 atom stereocenters. The Labute approximate surface area is 782 Å². The quantitative estimate of drug-likeness (QED) is 0.0269. The molecule has 9 saturated heterocycles. The number of likely N-dealkylation sites (tertiary alicyclic amines) is 3. The van der Waals surface area contributed by atoms with Gasteiger partial charge in [0.2, 0.25) is 0 Å². The third-order valence-electron chi connectivity index (χ3n) is 25.6. The molecule has 0 bridgehead atoms. The second-order valence-electron chi connectivity index (χ2n) is 34.0. The molecule has 22 rings (SSSR count). The van der Waals surface area contributed by atoms with E-state index in [-0.39, 0.29) is 17.5 Å². The minimum absolute atomic E-state index is 0.173. The van der Waals surface area contributed by atoms with E-state index in [1.165, 1.54) is 52.7 Å². The first kappa shape index (κ1) is 90.3. The molecule has 0 radical (unpaired) electrons. The number of nitrogens with one attached hydrogen (secondary N) is 6. The van der Waals surface area contributed by atoms with Gasteiger partial charge in [-0.05, 0) is 85.5 Å². The first-order chi connectivity index (χ1) is 66.9. The highest BCUT2D eigenvalue weighted by molar-refractivity contribution is 7.17. The van der Waals surface area contributed by atoms with E-state index in [4.69, 9.17) is 42.6 Å². The Hall–Kier alpha value is -14.5. The van der Waals surface area contributed by atoms with Crippen molar-refractivity contribution in [3.8, 4) is 0 Å². The monoisotopic (exact) mass is 1880 g/mol. The predicted molar refractivity (Wildman–Crippen MR) is 487 cm³/mol. The molecule has 43 heteroatoms. The highest BCUT2D eigenvalue weighted by atomic mass is 32.1. The number of carbonyl (C=O) groups excluding carboxylic acids is 6. The summed E-state index contributed by atoms with van der Waals surface area (Å²) in [7, 11) is 0. The molecule has 9 aliphatic heterocycles. The Balaban J connectivity index is 0.000000127. The molecule has 13 aromatic rings. The number of aliphatic carboxylic acids is 3. The van der Waals surface area contributed by atoms with Crippen molar-refractivity contribution >= 4 is 143 Å². The number of anilines is 4. The largest absolute Gasteiger partial charge is 0.480 e. The fourth-order valence-corrected chi connectivity index (χ4v) is 20.0. The van der Waals surface area contributed by atoms with Gasteiger partial charge in [-0.1, -0.05) is 160 Å². The van der Waals surface area contributed by atoms with Crippen LogP contribution in [0.4, 0.5) is 37.5 Å². The molecule has 16 heterocycles. The van der Waals surface area contributed by atoms with Crippen molar-refractivity contribution in [1.82, 2.24) is 83.9 Å². The SMILES string of the molecule is CCCCCCNC(=O)Nc1ncnc2c1ncn2C1OC(C(=O)N2CCCC2C(=O)O)C2OC(c3csc4ccccc34)OC21.O=C(NCc1ccccc1)Nc1ncnc2c1ncn2C1OC(C(=O)N2CCCC2C(=O)O)C2OC(c3ccc4ccccc4c3)OC21.O=C(Nc1ccccc1)Nc1ncnc2c1ncn2C1OC(C(=O)N2CCCC2C(=O)O)C2OC(c3ccccc3)OC21. The van der Waals surface area contributed by atoms with E-state index in [1.54, 1.807) is 49.3 Å². The van der Waals surface area contributed by atoms with Gasteiger partial charge in [0, 0.05) is 70.6 Å². The molecule has 7 aromatic heterocycles. The number of nitrogens with zero attached hydrogens (tertiary/aromatic N) is 15. The van der Waals surface area contributed by atoms with Gasteiger partial charge in [-0.3, -0.25) is 44.0 Å². The Morgan fingerprint density at radius 2 is 0.825 bits per heavy atom. The molecule has 137 heavy (non-hydrogen) atoms. The number of rotatable bonds is 23. The highest BCUT2D eigenvalue weighted by Gasteiger charge is 2.62. The molecule has 9 amide bonds. The number of imidazole rings is 3. The molecular formula is C94H93N21O21S. The van der Waals surface area contributed by atoms with E-state index in [2.05, 4.69) is 83.7 Å². The minimum atomic E-state index is -1.15. The van der Waals surface area contributed by atoms with Gasteiger partial charge in [-0.2, -0.15) is 0 Å². The van der Waals surface area contributed by atoms with Crippen LogP contribution < -0.4 is 31.9 Å². The smallest absolute Gasteiger partial charge is 0.326 e. The van der Waals surface area contributed by atoms with Crippen molar-refractivity contribution in [1.29, 1.82) is 0 Å². The number of hydrogen-bond acceptors (Lipinski definition) is 28. The summed E-state index contributed by atoms with van der Waals surface area (Å²) in [6.07, 6.45) is 2.10. The lowest BCUT2D eigenvalue weighted by molar-refractivity contribution is -0.171. The standard InChI is InChI=1S/C34H31N7O7.C31H35N7O7S.C29H27N7O7/c42-30(40-14-6-11-23(40)32(43)44)26-25-27(48-33(47-25)22-13-12-20-9-4-5-10-21(20)15-22)31(46-26)41-18-38-24-28(36-17-37-29(24)41)39-34(45)35-16-19-7-2-1-3-8-19;1-2-3-4-7-12-32-31(42)36-25-21-26(34-15-33-25)38(16-35-21)28-24-22(23(43-28)27(39)37-13-8-10-19(37)29(40)41)44-30(45-24)18-14-46-20-11-6-5-9-17(18)20;37-25(35-13-7-12-18(35)27(38)39)21-20-22(43-28(42-20)16-8-3-1-4-9-16)26(41-21)36-15-32-19-23(30-14-31-24(19)36)34-29(40)33-17-10-5-2-6-11-17/h1-5,7-10,12-13,15,17-18,23,25-27,31,33H,6,11,14,16H2,(H,43,44)(H2,35,36,37,39,45);5-6,9,11,14-16,19,22-24,28,30H,2-4,7-8,10,12-13H2,1H3,(H,40,41)(H2,32,33,34,36,42);1-6,8-11,14-15,18,20-22,26,28H,7,12-13H2,(H,38,39)(H2,30,31,33,34,40). The van der Waals surface area contributed by atoms with Crippen LogP contribution >= 0.6 is 11.3 Å². The molecule has 9 aliphatic rings. The van der Waals surface area contributed by atoms with Gasteiger partial charge in [0.05, 0.1) is 19.0 Å². The lowest BCUT2D eigenvalue weighted by Crippen LogP contribution is -2.49. The first-order valence-electron chi connectivity index (χ1n) is 45.1. The Bertz CT molecular complexity index is 6700. The summed E-state index contributed by atoms with van der Waals surface area (Å²) in [4.78, 5) is 159. The number of amides is 9. The van der Waals surface area contributed by atoms with Crippen LogP contribution in [0.1, 0.15) is 131 Å². The molecule has 9 fully saturated rings. The number of aromatic nitrogens is 12. The van der Waals surface area contributed by atoms with Crippen LogP contribution in [0, 0.1) is 0 Å². The molecular weight excluding hydrogens is 1790 g/mol. The Kier molecular flexibility index (Phi) is 26.0. The van der Waals surface area contributed by atoms with E-state index >= 15 is 0 Å². The van der Waals surface area contributed by atoms with E-state index < -0.39 is 164 Å². The van der Waals surface area contributed by atoms with Crippen LogP contribution in [0.3, 0.4) is 0 Å². The fourth-order valence-electron chi connectivity index (χ4n) is 19.0. The van der Waals surface area contributed by atoms with Gasteiger partial charge < -0.3 is 88.6 Å². The minimum Gasteiger partial charge on any atom is -0.480 e. The number of unbranched alkanes of at least 4 members (excludes halogenated alkanes) is 3. The van der Waals surface area contributed by atoms with Gasteiger partial charge in [0.1, 0.15) is 73.7 Å². The normalized spacial score (nSPS) is 25.7. The summed E-state index contributed by atoms with van der Waals surface area (Å²) in [5, 5.41) is 50.9. The summed E-state index contributed by atoms with van der Waals surface area (Å²) in [6.45, 7) is 3.91. The van der Waals surface area contributed by atoms with Crippen LogP contribution in [0.2, 0.25) is 0 Å². The van der Waals surface area contributed by atoms with Crippen LogP contribution in [0.15, 0.2) is 201 Å². The van der Waals surface area contributed by atoms with Crippen molar-refractivity contribution in [2.24, 2.45) is 0 Å². The summed E-state index contributed by atoms with van der Waals surface area (Å²) >= 11 is 1.57. The molecule has 18 unspecified atom stereocenters. The maximum absolute atomic E-state index is 13.9. The summed E-state index contributed by atoms with van der Waals surface area (Å²) in [5.74, 6) is -3.99. The molecule has 9 N–H and O–H groups in total. The number of urea groups is 3. The van der Waals surface area contributed by atoms with Crippen LogP contribution in [-0.4, -0.2) is 242 Å². The Morgan fingerprint density at radius 1 is 0.401 bits per heavy atom. The van der Waals surface area contributed by atoms with Crippen LogP contribution in [-0.2, 0) is 77.9 Å². The first-order valence-corrected chi connectivity index (χ1v) is 46.0. The number of carbonyl (C=O) groups is 9. The number of para-hydroxylation sites is 1. The fraction of sp³-hybridized carbons (Fsp3) is 0.362. The maximum Gasteiger partial charge on any atom is 0.326 e. The van der Waals surface area contributed by atoms with Crippen molar-refractivity contribution < 1.29 is 101 Å². The van der Waals surface area contributed by atoms with Crippen molar-refractivity contribution in [2.75, 3.05) is 47.4 Å². The van der Waals surface area contributed by atoms with Gasteiger partial charge in [-0.15, -0.1) is 11.3 Å². The third-order valence-corrected chi connectivity index (χ3v) is 26.5. The zero-order valence-corrected chi connectivity index (χ0v) is 74.2. The molecule has 706 valence electrons. The zero-order chi connectivity index (χ0) is 94.1. The van der Waals surface area contributed by atoms with Crippen LogP contribution in [0.25, 0.3) is 54.4 Å². The molecule has 42 nitrogen and oxygen atoms in total. The number of ether oxygens (including phenoxy) is 9. The number of fused-ring (bicyclic) bond motifs is 8. The summed E-state index contributed by atoms with van der Waals surface area (Å²) < 4.78 is 63.4. The second kappa shape index (κ2) is 39.4. The average Bonchev–Trinajstić information content (AvgIpc) is 1.59. The third kappa shape index (κ3) is 18.2. The molecule has 0 spiro atoms. The maximum atomic E-state index is 13.9. The van der Waals surface area contributed by atoms with Crippen molar-refractivity contribution in [3.05, 3.63) is 223 Å². The Morgan fingerprint density at radius 3 is 1.32 bits per heavy atom. The second-order valence-corrected chi connectivity index (χ2v) is 35.0. The molecule has 0 aliphatic carbocycles. The number of benzene rings is 6. The van der Waals surface area contributed by atoms with E-state index in [1.807, 2.05) is 139 Å². The summed E-state index contributed by atoms with van der Waals surface area (Å²) in [5.41, 5.74) is 5.88. The average molecular weight is 1880 g/mol. The predicted octanol–water partition coefficient (Wildman–Crippen LogP) is 10.9. The zero-order valence-electron chi connectivity index (χ0n) is 73.4. The number of thiophene rings is 1. The highest BCUT2D eigenvalue weighted by Crippen LogP contribution is 2.51. The lowest BCUT2D eigenvalue weighted by atomic mass is 10.1. The van der Waals surface area contributed by atoms with E-state index in [0.29, 0.717) is 110 Å². The van der Waals surface area contributed by atoms with Crippen molar-refractivity contribution in [3.63, 3.8) is 0 Å². The van der Waals surface area contributed by atoms with E-state index in [9.17, 15) is 58.5 Å². The van der Waals surface area contributed by atoms with Gasteiger partial charge in [-0.25, -0.2) is 73.6 Å². The lowest BCUT2D eigenvalue weighted by Gasteiger charge is -2.27. The van der Waals surface area contributed by atoms with Crippen LogP contribution in [0.5, 0.6) is 0 Å². The van der Waals surface area contributed by atoms with Crippen molar-refractivity contribution in [2.45, 2.75) is 188 Å². The molecule has 6 aromatic carbocycles. The molecule has 0 saturated carbocycles. The van der Waals surface area contributed by atoms with Gasteiger partial charge in [0.25, 0.3) is 17.7 Å². The summed E-state index contributed by atoms with van der Waals surface area (Å²) in [6, 6.07) is 45.3.